The van der Waals surface area contributed by atoms with E-state index in [2.05, 4.69) is 22.2 Å². The van der Waals surface area contributed by atoms with Gasteiger partial charge in [-0.3, -0.25) is 0 Å². The Morgan fingerprint density at radius 3 is 2.71 bits per heavy atom. The Hall–Kier alpha value is -1.36. The van der Waals surface area contributed by atoms with Crippen LogP contribution in [0.3, 0.4) is 0 Å². The summed E-state index contributed by atoms with van der Waals surface area (Å²) in [5, 5.41) is 3.23. The summed E-state index contributed by atoms with van der Waals surface area (Å²) in [6.07, 6.45) is 0.876. The number of ether oxygens (including phenoxy) is 1. The summed E-state index contributed by atoms with van der Waals surface area (Å²) in [6.45, 7) is 8.51. The average molecular weight is 238 g/mol. The van der Waals surface area contributed by atoms with Crippen LogP contribution in [-0.2, 0) is 0 Å². The number of aromatic nitrogens is 2. The molecule has 0 bridgehead atoms. The molecule has 0 aliphatic carbocycles. The SMILES string of the molecule is CCOc1cc(C)nc(NC(C)CC(C)N)n1. The van der Waals surface area contributed by atoms with Gasteiger partial charge in [0, 0.05) is 23.8 Å². The molecule has 1 heterocycles. The smallest absolute Gasteiger partial charge is 0.226 e. The molecule has 1 aromatic heterocycles. The average Bonchev–Trinajstić information content (AvgIpc) is 2.14. The zero-order valence-electron chi connectivity index (χ0n) is 11.0. The molecule has 0 radical (unpaired) electrons. The molecule has 0 aliphatic heterocycles. The van der Waals surface area contributed by atoms with E-state index < -0.39 is 0 Å². The summed E-state index contributed by atoms with van der Waals surface area (Å²) in [6, 6.07) is 2.23. The van der Waals surface area contributed by atoms with Gasteiger partial charge in [-0.1, -0.05) is 0 Å². The summed E-state index contributed by atoms with van der Waals surface area (Å²) in [4.78, 5) is 8.61. The Bertz CT molecular complexity index is 354. The third kappa shape index (κ3) is 4.99. The van der Waals surface area contributed by atoms with E-state index in [1.165, 1.54) is 0 Å². The first-order chi connectivity index (χ1) is 8.01. The van der Waals surface area contributed by atoms with E-state index in [1.807, 2.05) is 26.8 Å². The normalized spacial score (nSPS) is 14.2. The Morgan fingerprint density at radius 1 is 1.41 bits per heavy atom. The van der Waals surface area contributed by atoms with E-state index in [0.717, 1.165) is 12.1 Å². The Morgan fingerprint density at radius 2 is 2.12 bits per heavy atom. The van der Waals surface area contributed by atoms with Crippen LogP contribution < -0.4 is 15.8 Å². The summed E-state index contributed by atoms with van der Waals surface area (Å²) in [5.74, 6) is 1.21. The van der Waals surface area contributed by atoms with Gasteiger partial charge in [0.2, 0.25) is 11.8 Å². The van der Waals surface area contributed by atoms with Gasteiger partial charge in [-0.05, 0) is 34.1 Å². The third-order valence-corrected chi connectivity index (χ3v) is 2.22. The predicted molar refractivity (Wildman–Crippen MR) is 69.3 cm³/mol. The molecule has 0 amide bonds. The Labute approximate surface area is 103 Å². The molecule has 0 saturated carbocycles. The van der Waals surface area contributed by atoms with Crippen LogP contribution in [-0.4, -0.2) is 28.7 Å². The molecule has 1 aromatic rings. The molecule has 96 valence electrons. The second-order valence-electron chi connectivity index (χ2n) is 4.36. The van der Waals surface area contributed by atoms with Crippen molar-refractivity contribution in [3.63, 3.8) is 0 Å². The third-order valence-electron chi connectivity index (χ3n) is 2.22. The number of rotatable bonds is 6. The van der Waals surface area contributed by atoms with Crippen LogP contribution in [0.2, 0.25) is 0 Å². The van der Waals surface area contributed by atoms with Crippen molar-refractivity contribution in [2.24, 2.45) is 5.73 Å². The number of nitrogens with two attached hydrogens (primary N) is 1. The molecule has 3 N–H and O–H groups in total. The van der Waals surface area contributed by atoms with Gasteiger partial charge in [0.05, 0.1) is 6.61 Å². The van der Waals surface area contributed by atoms with Crippen molar-refractivity contribution in [3.05, 3.63) is 11.8 Å². The topological polar surface area (TPSA) is 73.1 Å². The first-order valence-electron chi connectivity index (χ1n) is 6.01. The highest BCUT2D eigenvalue weighted by molar-refractivity contribution is 5.31. The number of nitrogens with zero attached hydrogens (tertiary/aromatic N) is 2. The van der Waals surface area contributed by atoms with Crippen LogP contribution in [0.15, 0.2) is 6.07 Å². The monoisotopic (exact) mass is 238 g/mol. The van der Waals surface area contributed by atoms with Crippen molar-refractivity contribution in [1.82, 2.24) is 9.97 Å². The lowest BCUT2D eigenvalue weighted by Crippen LogP contribution is -2.27. The quantitative estimate of drug-likeness (QED) is 0.789. The number of hydrogen-bond acceptors (Lipinski definition) is 5. The largest absolute Gasteiger partial charge is 0.478 e. The molecule has 5 heteroatoms. The van der Waals surface area contributed by atoms with Gasteiger partial charge in [-0.25, -0.2) is 4.98 Å². The second kappa shape index (κ2) is 6.39. The van der Waals surface area contributed by atoms with Crippen LogP contribution in [0.4, 0.5) is 5.95 Å². The molecule has 1 rings (SSSR count). The standard InChI is InChI=1S/C12H22N4O/c1-5-17-11-7-10(4)15-12(16-11)14-9(3)6-8(2)13/h7-9H,5-6,13H2,1-4H3,(H,14,15,16). The van der Waals surface area contributed by atoms with Crippen LogP contribution in [0.1, 0.15) is 32.9 Å². The number of hydrogen-bond donors (Lipinski definition) is 2. The van der Waals surface area contributed by atoms with Crippen molar-refractivity contribution in [3.8, 4) is 5.88 Å². The van der Waals surface area contributed by atoms with Crippen molar-refractivity contribution < 1.29 is 4.74 Å². The number of aryl methyl sites for hydroxylation is 1. The second-order valence-corrected chi connectivity index (χ2v) is 4.36. The van der Waals surface area contributed by atoms with Gasteiger partial charge in [0.1, 0.15) is 0 Å². The molecule has 0 aliphatic rings. The molecular weight excluding hydrogens is 216 g/mol. The molecule has 0 fully saturated rings. The lowest BCUT2D eigenvalue weighted by Gasteiger charge is -2.16. The van der Waals surface area contributed by atoms with Gasteiger partial charge in [-0.15, -0.1) is 0 Å². The minimum atomic E-state index is 0.161. The van der Waals surface area contributed by atoms with Crippen molar-refractivity contribution in [2.75, 3.05) is 11.9 Å². The zero-order chi connectivity index (χ0) is 12.8. The molecular formula is C12H22N4O. The van der Waals surface area contributed by atoms with Crippen LogP contribution in [0, 0.1) is 6.92 Å². The fourth-order valence-electron chi connectivity index (χ4n) is 1.66. The zero-order valence-corrected chi connectivity index (χ0v) is 11.0. The molecule has 17 heavy (non-hydrogen) atoms. The highest BCUT2D eigenvalue weighted by Crippen LogP contribution is 2.13. The molecule has 5 nitrogen and oxygen atoms in total. The maximum Gasteiger partial charge on any atom is 0.226 e. The summed E-state index contributed by atoms with van der Waals surface area (Å²) in [7, 11) is 0. The van der Waals surface area contributed by atoms with Crippen LogP contribution in [0.25, 0.3) is 0 Å². The van der Waals surface area contributed by atoms with Crippen molar-refractivity contribution in [2.45, 2.75) is 46.2 Å². The Balaban J connectivity index is 2.69. The maximum absolute atomic E-state index is 5.75. The van der Waals surface area contributed by atoms with Crippen LogP contribution >= 0.6 is 0 Å². The fourth-order valence-corrected chi connectivity index (χ4v) is 1.66. The molecule has 2 unspecified atom stereocenters. The summed E-state index contributed by atoms with van der Waals surface area (Å²) >= 11 is 0. The highest BCUT2D eigenvalue weighted by Gasteiger charge is 2.08. The first kappa shape index (κ1) is 13.7. The van der Waals surface area contributed by atoms with E-state index in [0.29, 0.717) is 18.4 Å². The summed E-state index contributed by atoms with van der Waals surface area (Å²) < 4.78 is 5.37. The van der Waals surface area contributed by atoms with E-state index in [1.54, 1.807) is 0 Å². The number of anilines is 1. The van der Waals surface area contributed by atoms with E-state index >= 15 is 0 Å². The lowest BCUT2D eigenvalue weighted by molar-refractivity contribution is 0.326. The van der Waals surface area contributed by atoms with Crippen LogP contribution in [0.5, 0.6) is 5.88 Å². The molecule has 0 saturated heterocycles. The number of nitrogens with one attached hydrogen (secondary N) is 1. The van der Waals surface area contributed by atoms with E-state index in [-0.39, 0.29) is 12.1 Å². The first-order valence-corrected chi connectivity index (χ1v) is 6.01. The minimum Gasteiger partial charge on any atom is -0.478 e. The van der Waals surface area contributed by atoms with E-state index in [4.69, 9.17) is 10.5 Å². The predicted octanol–water partition coefficient (Wildman–Crippen LogP) is 1.72. The van der Waals surface area contributed by atoms with Gasteiger partial charge in [0.25, 0.3) is 0 Å². The van der Waals surface area contributed by atoms with Crippen molar-refractivity contribution in [1.29, 1.82) is 0 Å². The van der Waals surface area contributed by atoms with Gasteiger partial charge < -0.3 is 15.8 Å². The molecule has 2 atom stereocenters. The van der Waals surface area contributed by atoms with Gasteiger partial charge in [0.15, 0.2) is 0 Å². The Kier molecular flexibility index (Phi) is 5.15. The van der Waals surface area contributed by atoms with Gasteiger partial charge >= 0.3 is 0 Å². The molecule has 0 spiro atoms. The van der Waals surface area contributed by atoms with Gasteiger partial charge in [-0.2, -0.15) is 4.98 Å². The lowest BCUT2D eigenvalue weighted by atomic mass is 10.1. The molecule has 0 aromatic carbocycles. The van der Waals surface area contributed by atoms with E-state index in [9.17, 15) is 0 Å². The minimum absolute atomic E-state index is 0.161. The summed E-state index contributed by atoms with van der Waals surface area (Å²) in [5.41, 5.74) is 6.64. The van der Waals surface area contributed by atoms with Crippen molar-refractivity contribution >= 4 is 5.95 Å². The maximum atomic E-state index is 5.75. The fraction of sp³-hybridized carbons (Fsp3) is 0.667. The highest BCUT2D eigenvalue weighted by atomic mass is 16.5.